The number of hydrogen-bond donors (Lipinski definition) is 1. The average Bonchev–Trinajstić information content (AvgIpc) is 3.38. The molecule has 1 aromatic carbocycles. The number of benzene rings is 1. The number of carbonyl (C=O) groups excluding carboxylic acids is 1. The van der Waals surface area contributed by atoms with Gasteiger partial charge in [0.15, 0.2) is 0 Å². The van der Waals surface area contributed by atoms with Crippen molar-refractivity contribution in [3.05, 3.63) is 48.1 Å². The van der Waals surface area contributed by atoms with Gasteiger partial charge < -0.3 is 14.8 Å². The van der Waals surface area contributed by atoms with Crippen LogP contribution < -0.4 is 15.7 Å². The molecule has 13 heteroatoms. The first-order valence-electron chi connectivity index (χ1n) is 11.3. The number of carbonyl (C=O) groups is 1. The number of anilines is 1. The van der Waals surface area contributed by atoms with Crippen LogP contribution in [-0.4, -0.2) is 83.4 Å². The minimum atomic E-state index is -3.32. The molecule has 5 rings (SSSR count). The van der Waals surface area contributed by atoms with Crippen molar-refractivity contribution in [3.63, 3.8) is 0 Å². The van der Waals surface area contributed by atoms with Crippen molar-refractivity contribution >= 4 is 32.7 Å². The van der Waals surface area contributed by atoms with Gasteiger partial charge in [0.25, 0.3) is 5.91 Å². The van der Waals surface area contributed by atoms with E-state index in [2.05, 4.69) is 25.3 Å². The Balaban J connectivity index is 1.33. The molecule has 1 N–H and O–H groups in total. The van der Waals surface area contributed by atoms with E-state index in [0.717, 1.165) is 11.2 Å². The molecule has 3 aromatic rings. The molecular formula is C22H25N7O5S. The van der Waals surface area contributed by atoms with Gasteiger partial charge in [0.05, 0.1) is 36.7 Å². The Kier molecular flexibility index (Phi) is 6.70. The van der Waals surface area contributed by atoms with Crippen molar-refractivity contribution in [1.29, 1.82) is 0 Å². The summed E-state index contributed by atoms with van der Waals surface area (Å²) in [5.41, 5.74) is 1.17. The largest absolute Gasteiger partial charge is 0.493 e. The molecule has 0 bridgehead atoms. The summed E-state index contributed by atoms with van der Waals surface area (Å²) in [6, 6.07) is 5.48. The van der Waals surface area contributed by atoms with Crippen molar-refractivity contribution < 1.29 is 22.7 Å². The van der Waals surface area contributed by atoms with Gasteiger partial charge in [-0.3, -0.25) is 9.36 Å². The molecule has 184 valence electrons. The summed E-state index contributed by atoms with van der Waals surface area (Å²) < 4.78 is 39.3. The van der Waals surface area contributed by atoms with E-state index in [1.807, 2.05) is 16.7 Å². The number of fused-ring (bicyclic) bond motifs is 3. The average molecular weight is 500 g/mol. The fourth-order valence-electron chi connectivity index (χ4n) is 4.03. The second kappa shape index (κ2) is 10.1. The summed E-state index contributed by atoms with van der Waals surface area (Å²) in [7, 11) is -3.32. The molecule has 0 unspecified atom stereocenters. The molecule has 4 heterocycles. The lowest BCUT2D eigenvalue weighted by atomic mass is 10.2. The fourth-order valence-corrected chi connectivity index (χ4v) is 5.48. The first kappa shape index (κ1) is 23.3. The van der Waals surface area contributed by atoms with E-state index in [-0.39, 0.29) is 23.5 Å². The van der Waals surface area contributed by atoms with Crippen LogP contribution in [0.4, 0.5) is 5.82 Å². The Hall–Kier alpha value is -3.42. The van der Waals surface area contributed by atoms with Crippen LogP contribution >= 0.6 is 0 Å². The van der Waals surface area contributed by atoms with Crippen molar-refractivity contribution in [1.82, 2.24) is 23.8 Å². The monoisotopic (exact) mass is 499 g/mol. The lowest BCUT2D eigenvalue weighted by Crippen LogP contribution is -2.42. The Morgan fingerprint density at radius 3 is 2.77 bits per heavy atom. The molecule has 1 amide bonds. The number of nitrogens with one attached hydrogen (secondary N) is 1. The summed E-state index contributed by atoms with van der Waals surface area (Å²) in [5, 5.41) is 4.20. The Labute approximate surface area is 201 Å². The van der Waals surface area contributed by atoms with Gasteiger partial charge >= 0.3 is 0 Å². The number of aromatic nitrogens is 4. The molecule has 1 fully saturated rings. The third-order valence-corrected chi connectivity index (χ3v) is 7.73. The zero-order valence-corrected chi connectivity index (χ0v) is 19.8. The minimum absolute atomic E-state index is 0.0151. The standard InChI is InChI=1S/C22H25N7O5S/c30-21(16-13-23-15-24-14-16)27-22-26-19-12-17(2-3-18(19)20-25-4-5-29(20)22)34-8-1-11-35(31,32)28-6-9-33-10-7-28/h2-3,12-15,25H,1,4-11H2. The smallest absolute Gasteiger partial charge is 0.283 e. The second-order valence-electron chi connectivity index (χ2n) is 8.09. The van der Waals surface area contributed by atoms with Crippen LogP contribution in [0.1, 0.15) is 16.8 Å². The molecule has 0 spiro atoms. The van der Waals surface area contributed by atoms with E-state index in [1.54, 1.807) is 6.07 Å². The lowest BCUT2D eigenvalue weighted by Gasteiger charge is -2.25. The van der Waals surface area contributed by atoms with E-state index in [0.29, 0.717) is 57.1 Å². The van der Waals surface area contributed by atoms with E-state index < -0.39 is 15.9 Å². The number of hydrogen-bond acceptors (Lipinski definition) is 9. The van der Waals surface area contributed by atoms with Gasteiger partial charge in [-0.25, -0.2) is 23.4 Å². The zero-order valence-electron chi connectivity index (χ0n) is 19.0. The van der Waals surface area contributed by atoms with E-state index in [9.17, 15) is 13.2 Å². The van der Waals surface area contributed by atoms with Gasteiger partial charge in [-0.05, 0) is 18.6 Å². The van der Waals surface area contributed by atoms with Gasteiger partial charge in [0.2, 0.25) is 15.6 Å². The van der Waals surface area contributed by atoms with E-state index in [1.165, 1.54) is 23.0 Å². The van der Waals surface area contributed by atoms with Crippen LogP contribution in [0.25, 0.3) is 10.9 Å². The lowest BCUT2D eigenvalue weighted by molar-refractivity contribution is 0.0730. The molecule has 2 aliphatic rings. The zero-order chi connectivity index (χ0) is 24.3. The number of sulfonamides is 1. The van der Waals surface area contributed by atoms with Crippen LogP contribution in [-0.2, 0) is 21.3 Å². The van der Waals surface area contributed by atoms with E-state index >= 15 is 0 Å². The highest BCUT2D eigenvalue weighted by molar-refractivity contribution is 7.89. The fraction of sp³-hybridized carbons (Fsp3) is 0.409. The maximum absolute atomic E-state index is 12.6. The predicted octanol–water partition coefficient (Wildman–Crippen LogP) is 0.424. The Bertz CT molecular complexity index is 1400. The van der Waals surface area contributed by atoms with Crippen molar-refractivity contribution in [2.75, 3.05) is 50.5 Å². The molecular weight excluding hydrogens is 474 g/mol. The third-order valence-electron chi connectivity index (χ3n) is 5.77. The number of amides is 1. The van der Waals surface area contributed by atoms with Crippen LogP contribution in [0.15, 0.2) is 41.9 Å². The third kappa shape index (κ3) is 5.16. The molecule has 35 heavy (non-hydrogen) atoms. The topological polar surface area (TPSA) is 141 Å². The summed E-state index contributed by atoms with van der Waals surface area (Å²) in [6.45, 7) is 3.21. The Morgan fingerprint density at radius 1 is 1.17 bits per heavy atom. The molecule has 1 saturated heterocycles. The molecule has 12 nitrogen and oxygen atoms in total. The summed E-state index contributed by atoms with van der Waals surface area (Å²) in [5.74, 6) is 0.925. The SMILES string of the molecule is O=C(N=c1nc2cc(OCCCS(=O)(=O)N3CCOCC3)ccc2c2n1CCN2)c1cncnc1. The quantitative estimate of drug-likeness (QED) is 0.458. The van der Waals surface area contributed by atoms with Gasteiger partial charge in [-0.15, -0.1) is 0 Å². The maximum Gasteiger partial charge on any atom is 0.283 e. The van der Waals surface area contributed by atoms with E-state index in [4.69, 9.17) is 9.47 Å². The molecule has 2 aliphatic heterocycles. The first-order chi connectivity index (χ1) is 17.0. The Morgan fingerprint density at radius 2 is 1.97 bits per heavy atom. The summed E-state index contributed by atoms with van der Waals surface area (Å²) in [4.78, 5) is 29.1. The molecule has 0 atom stereocenters. The van der Waals surface area contributed by atoms with Crippen LogP contribution in [0, 0.1) is 0 Å². The number of nitrogens with zero attached hydrogens (tertiary/aromatic N) is 6. The van der Waals surface area contributed by atoms with Crippen LogP contribution in [0.5, 0.6) is 5.75 Å². The number of morpholine rings is 1. The molecule has 0 aliphatic carbocycles. The number of rotatable bonds is 7. The number of ether oxygens (including phenoxy) is 2. The van der Waals surface area contributed by atoms with Crippen molar-refractivity contribution in [2.24, 2.45) is 4.99 Å². The van der Waals surface area contributed by atoms with Crippen molar-refractivity contribution in [3.8, 4) is 5.75 Å². The molecule has 0 radical (unpaired) electrons. The van der Waals surface area contributed by atoms with Gasteiger partial charge in [-0.2, -0.15) is 9.30 Å². The molecule has 0 saturated carbocycles. The minimum Gasteiger partial charge on any atom is -0.493 e. The first-order valence-corrected chi connectivity index (χ1v) is 12.9. The van der Waals surface area contributed by atoms with Gasteiger partial charge in [0, 0.05) is 50.0 Å². The summed E-state index contributed by atoms with van der Waals surface area (Å²) in [6.07, 6.45) is 4.53. The van der Waals surface area contributed by atoms with Crippen LogP contribution in [0.3, 0.4) is 0 Å². The van der Waals surface area contributed by atoms with Gasteiger partial charge in [-0.1, -0.05) is 0 Å². The normalized spacial score (nSPS) is 16.7. The highest BCUT2D eigenvalue weighted by Gasteiger charge is 2.23. The van der Waals surface area contributed by atoms with Crippen molar-refractivity contribution in [2.45, 2.75) is 13.0 Å². The molecule has 2 aromatic heterocycles. The highest BCUT2D eigenvalue weighted by atomic mass is 32.2. The second-order valence-corrected chi connectivity index (χ2v) is 10.2. The summed E-state index contributed by atoms with van der Waals surface area (Å²) >= 11 is 0. The predicted molar refractivity (Wildman–Crippen MR) is 126 cm³/mol. The maximum atomic E-state index is 12.6. The van der Waals surface area contributed by atoms with Crippen LogP contribution in [0.2, 0.25) is 0 Å². The highest BCUT2D eigenvalue weighted by Crippen LogP contribution is 2.26. The van der Waals surface area contributed by atoms with Gasteiger partial charge in [0.1, 0.15) is 17.9 Å².